The van der Waals surface area contributed by atoms with Gasteiger partial charge in [0.25, 0.3) is 0 Å². The number of hydrogen-bond donors (Lipinski definition) is 0. The van der Waals surface area contributed by atoms with Crippen LogP contribution < -0.4 is 0 Å². The van der Waals surface area contributed by atoms with Gasteiger partial charge in [-0.3, -0.25) is 0 Å². The van der Waals surface area contributed by atoms with Crippen LogP contribution in [0.5, 0.6) is 0 Å². The molecule has 0 saturated heterocycles. The van der Waals surface area contributed by atoms with Crippen LogP contribution >= 0.6 is 18.5 Å². The minimum atomic E-state index is 0. The van der Waals surface area contributed by atoms with Crippen LogP contribution in [-0.2, 0) is 20.4 Å². The molecule has 0 nitrogen and oxygen atoms in total. The third kappa shape index (κ3) is 10.8. The van der Waals surface area contributed by atoms with Crippen LogP contribution in [0.4, 0.5) is 0 Å². The van der Waals surface area contributed by atoms with Crippen LogP contribution in [0.2, 0.25) is 0 Å². The smallest absolute Gasteiger partial charge is 0 e. The van der Waals surface area contributed by atoms with Crippen LogP contribution in [-0.4, -0.2) is 12.3 Å². The van der Waals surface area contributed by atoms with Gasteiger partial charge in [-0.25, -0.2) is 0 Å². The first-order valence-electron chi connectivity index (χ1n) is 22.2. The van der Waals surface area contributed by atoms with E-state index in [1.165, 1.54) is 141 Å². The molecule has 6 aliphatic carbocycles. The third-order valence-electron chi connectivity index (χ3n) is 15.8. The molecule has 47 heavy (non-hydrogen) atoms. The summed E-state index contributed by atoms with van der Waals surface area (Å²) in [5, 5.41) is 0. The van der Waals surface area contributed by atoms with E-state index < -0.39 is 0 Å². The van der Waals surface area contributed by atoms with E-state index in [4.69, 9.17) is 0 Å². The van der Waals surface area contributed by atoms with Gasteiger partial charge >= 0.3 is 0 Å². The zero-order valence-electron chi connectivity index (χ0n) is 31.4. The Morgan fingerprint density at radius 1 is 0.298 bits per heavy atom. The fourth-order valence-corrected chi connectivity index (χ4v) is 14.3. The molecular weight excluding hydrogens is 697 g/mol. The second kappa shape index (κ2) is 22.6. The predicted octanol–water partition coefficient (Wildman–Crippen LogP) is 14.7. The maximum atomic E-state index is 3.02. The molecule has 0 aromatic heterocycles. The van der Waals surface area contributed by atoms with E-state index in [0.29, 0.717) is 0 Å². The van der Waals surface area contributed by atoms with Gasteiger partial charge in [-0.2, -0.15) is 0 Å². The van der Waals surface area contributed by atoms with Gasteiger partial charge in [-0.1, -0.05) is 116 Å². The number of hydrogen-bond acceptors (Lipinski definition) is 0. The van der Waals surface area contributed by atoms with Gasteiger partial charge in [-0.15, -0.1) is 18.5 Å². The Morgan fingerprint density at radius 3 is 0.617 bits per heavy atom. The molecule has 0 aromatic carbocycles. The Labute approximate surface area is 314 Å². The molecule has 6 saturated carbocycles. The molecule has 2 atom stereocenters. The van der Waals surface area contributed by atoms with Gasteiger partial charge in [0.05, 0.1) is 0 Å². The van der Waals surface area contributed by atoms with E-state index in [9.17, 15) is 0 Å². The summed E-state index contributed by atoms with van der Waals surface area (Å²) in [4.78, 5) is 0. The third-order valence-corrected chi connectivity index (χ3v) is 16.6. The monoisotopic (exact) mass is 778 g/mol. The van der Waals surface area contributed by atoms with Gasteiger partial charge in [0.1, 0.15) is 0 Å². The predicted molar refractivity (Wildman–Crippen MR) is 212 cm³/mol. The molecule has 0 aliphatic heterocycles. The quantitative estimate of drug-likeness (QED) is 0.137. The molecule has 0 bridgehead atoms. The molecule has 6 rings (SSSR count). The van der Waals surface area contributed by atoms with Crippen LogP contribution in [0.15, 0.2) is 0 Å². The maximum Gasteiger partial charge on any atom is 0 e. The van der Waals surface area contributed by atoms with Crippen molar-refractivity contribution in [2.45, 2.75) is 218 Å². The van der Waals surface area contributed by atoms with Crippen molar-refractivity contribution in [3.05, 3.63) is 0 Å². The summed E-state index contributed by atoms with van der Waals surface area (Å²) in [5.41, 5.74) is 1.50. The number of rotatable bonds is 12. The van der Waals surface area contributed by atoms with E-state index in [1.807, 2.05) is 0 Å². The summed E-state index contributed by atoms with van der Waals surface area (Å²) in [6.45, 7) is 0. The molecule has 0 aromatic rings. The average molecular weight is 780 g/mol. The zero-order chi connectivity index (χ0) is 31.9. The molecule has 0 radical (unpaired) electrons. The first kappa shape index (κ1) is 41.3. The molecule has 0 spiro atoms. The molecule has 0 heterocycles. The zero-order valence-corrected chi connectivity index (χ0v) is 35.3. The average Bonchev–Trinajstić information content (AvgIpc) is 3.15. The first-order chi connectivity index (χ1) is 22.8. The normalized spacial score (nSPS) is 25.9. The van der Waals surface area contributed by atoms with Crippen LogP contribution in [0.1, 0.15) is 218 Å². The van der Waals surface area contributed by atoms with Gasteiger partial charge in [-0.05, 0) is 161 Å². The van der Waals surface area contributed by atoms with Gasteiger partial charge in [0.2, 0.25) is 0 Å². The van der Waals surface area contributed by atoms with Crippen LogP contribution in [0.3, 0.4) is 0 Å². The molecule has 0 N–H and O–H groups in total. The second-order valence-electron chi connectivity index (χ2n) is 18.0. The topological polar surface area (TPSA) is 0 Å². The summed E-state index contributed by atoms with van der Waals surface area (Å²) in [5.74, 6) is 6.49. The minimum absolute atomic E-state index is 0. The fourth-order valence-electron chi connectivity index (χ4n) is 13.9. The summed E-state index contributed by atoms with van der Waals surface area (Å²) in [6.07, 6.45) is 55.1. The van der Waals surface area contributed by atoms with Crippen molar-refractivity contribution in [2.24, 2.45) is 46.3 Å². The van der Waals surface area contributed by atoms with Crippen molar-refractivity contribution < 1.29 is 20.4 Å². The molecule has 0 amide bonds. The van der Waals surface area contributed by atoms with E-state index >= 15 is 0 Å². The van der Waals surface area contributed by atoms with Crippen molar-refractivity contribution in [1.82, 2.24) is 0 Å². The Morgan fingerprint density at radius 2 is 0.468 bits per heavy atom. The van der Waals surface area contributed by atoms with Crippen molar-refractivity contribution in [3.8, 4) is 0 Å². The minimum Gasteiger partial charge on any atom is -0.138 e. The van der Waals surface area contributed by atoms with Crippen LogP contribution in [0, 0.1) is 46.3 Å². The summed E-state index contributed by atoms with van der Waals surface area (Å²) < 4.78 is 0. The van der Waals surface area contributed by atoms with E-state index in [0.717, 1.165) is 46.3 Å². The van der Waals surface area contributed by atoms with Gasteiger partial charge < -0.3 is 0 Å². The van der Waals surface area contributed by atoms with Gasteiger partial charge in [0, 0.05) is 20.4 Å². The summed E-state index contributed by atoms with van der Waals surface area (Å²) >= 11 is 0. The second-order valence-corrected chi connectivity index (χ2v) is 19.2. The Kier molecular flexibility index (Phi) is 19.8. The van der Waals surface area contributed by atoms with Crippen molar-refractivity contribution in [3.63, 3.8) is 0 Å². The van der Waals surface area contributed by atoms with E-state index in [1.54, 1.807) is 89.9 Å². The van der Waals surface area contributed by atoms with Crippen LogP contribution in [0.25, 0.3) is 0 Å². The molecular formula is C44H82P2Pd. The Hall–Kier alpha value is 1.52. The van der Waals surface area contributed by atoms with Crippen molar-refractivity contribution in [2.75, 3.05) is 12.3 Å². The maximum absolute atomic E-state index is 3.02. The van der Waals surface area contributed by atoms with Gasteiger partial charge in [0.15, 0.2) is 0 Å². The Balaban J connectivity index is 0.000000208. The standard InChI is InChI=1S/2C22H41P.Pd/c2*23-18-10-17-22(19-11-4-1-5-12-19,20-13-6-2-7-14-20)21-15-8-3-9-16-21;/h2*19-21H,1-18,23H2;. The molecule has 278 valence electrons. The largest absolute Gasteiger partial charge is 0.138 e. The molecule has 6 aliphatic rings. The van der Waals surface area contributed by atoms with E-state index in [2.05, 4.69) is 18.5 Å². The SMILES string of the molecule is PCCCC(C1CCCCC1)(C1CCCCC1)C1CCCCC1.PCCCC(C1CCCCC1)(C1CCCCC1)C1CCCCC1.[Pd]. The van der Waals surface area contributed by atoms with Crippen molar-refractivity contribution in [1.29, 1.82) is 0 Å². The first-order valence-corrected chi connectivity index (χ1v) is 23.8. The fraction of sp³-hybridized carbons (Fsp3) is 1.00. The summed E-state index contributed by atoms with van der Waals surface area (Å²) in [6, 6.07) is 0. The van der Waals surface area contributed by atoms with E-state index in [-0.39, 0.29) is 20.4 Å². The van der Waals surface area contributed by atoms with Crippen molar-refractivity contribution >= 4 is 18.5 Å². The summed E-state index contributed by atoms with van der Waals surface area (Å²) in [7, 11) is 6.05. The molecule has 2 unspecified atom stereocenters. The molecule has 3 heteroatoms. The Bertz CT molecular complexity index is 620. The molecule has 6 fully saturated rings.